The maximum atomic E-state index is 3.54. The zero-order chi connectivity index (χ0) is 11.5. The van der Waals surface area contributed by atoms with Crippen molar-refractivity contribution in [2.24, 2.45) is 5.92 Å². The summed E-state index contributed by atoms with van der Waals surface area (Å²) in [6.07, 6.45) is 11.1. The van der Waals surface area contributed by atoms with Gasteiger partial charge in [-0.3, -0.25) is 0 Å². The van der Waals surface area contributed by atoms with Crippen LogP contribution in [-0.2, 0) is 0 Å². The molecule has 96 valence electrons. The predicted octanol–water partition coefficient (Wildman–Crippen LogP) is 2.94. The maximum Gasteiger partial charge on any atom is -0.00200 e. The lowest BCUT2D eigenvalue weighted by atomic mass is 10.0. The van der Waals surface area contributed by atoms with E-state index in [1.165, 1.54) is 77.5 Å². The van der Waals surface area contributed by atoms with E-state index in [0.717, 1.165) is 5.92 Å². The molecule has 1 fully saturated rings. The topological polar surface area (TPSA) is 24.1 Å². The largest absolute Gasteiger partial charge is 0.317 e. The summed E-state index contributed by atoms with van der Waals surface area (Å²) in [7, 11) is 0. The van der Waals surface area contributed by atoms with E-state index < -0.39 is 0 Å². The van der Waals surface area contributed by atoms with E-state index in [2.05, 4.69) is 17.6 Å². The second kappa shape index (κ2) is 10.1. The molecule has 16 heavy (non-hydrogen) atoms. The molecule has 1 heterocycles. The van der Waals surface area contributed by atoms with Gasteiger partial charge in [-0.2, -0.15) is 0 Å². The first-order chi connectivity index (χ1) is 7.93. The van der Waals surface area contributed by atoms with Crippen LogP contribution >= 0.6 is 0 Å². The Morgan fingerprint density at radius 3 is 2.56 bits per heavy atom. The van der Waals surface area contributed by atoms with Gasteiger partial charge < -0.3 is 10.6 Å². The summed E-state index contributed by atoms with van der Waals surface area (Å²) in [5.74, 6) is 0.984. The van der Waals surface area contributed by atoms with Gasteiger partial charge in [-0.05, 0) is 57.8 Å². The summed E-state index contributed by atoms with van der Waals surface area (Å²) in [6, 6.07) is 0. The molecule has 1 rings (SSSR count). The third kappa shape index (κ3) is 7.24. The molecule has 0 spiro atoms. The van der Waals surface area contributed by atoms with E-state index in [9.17, 15) is 0 Å². The van der Waals surface area contributed by atoms with Crippen molar-refractivity contribution in [2.45, 2.75) is 58.3 Å². The highest BCUT2D eigenvalue weighted by molar-refractivity contribution is 4.70. The standard InChI is InChI=1S/C14H30N2/c1-2-3-6-10-15-11-7-4-5-8-14-9-12-16-13-14/h14-16H,2-13H2,1H3. The molecule has 0 saturated carbocycles. The van der Waals surface area contributed by atoms with Gasteiger partial charge in [0.1, 0.15) is 0 Å². The normalized spacial score (nSPS) is 20.4. The first kappa shape index (κ1) is 14.0. The van der Waals surface area contributed by atoms with Crippen LogP contribution in [0.3, 0.4) is 0 Å². The number of nitrogens with one attached hydrogen (secondary N) is 2. The van der Waals surface area contributed by atoms with Crippen LogP contribution < -0.4 is 10.6 Å². The molecule has 0 radical (unpaired) electrons. The highest BCUT2D eigenvalue weighted by Gasteiger charge is 2.12. The van der Waals surface area contributed by atoms with Gasteiger partial charge in [-0.1, -0.05) is 32.6 Å². The van der Waals surface area contributed by atoms with Crippen molar-refractivity contribution in [1.29, 1.82) is 0 Å². The van der Waals surface area contributed by atoms with Crippen LogP contribution in [0.25, 0.3) is 0 Å². The van der Waals surface area contributed by atoms with Crippen LogP contribution in [0.5, 0.6) is 0 Å². The molecule has 0 aliphatic carbocycles. The molecule has 2 nitrogen and oxygen atoms in total. The molecule has 0 bridgehead atoms. The highest BCUT2D eigenvalue weighted by atomic mass is 14.9. The average Bonchev–Trinajstić information content (AvgIpc) is 2.80. The summed E-state index contributed by atoms with van der Waals surface area (Å²) in [4.78, 5) is 0. The van der Waals surface area contributed by atoms with Gasteiger partial charge in [-0.25, -0.2) is 0 Å². The summed E-state index contributed by atoms with van der Waals surface area (Å²) < 4.78 is 0. The molecule has 1 unspecified atom stereocenters. The third-order valence-corrected chi connectivity index (χ3v) is 3.59. The van der Waals surface area contributed by atoms with Gasteiger partial charge in [0.2, 0.25) is 0 Å². The Morgan fingerprint density at radius 2 is 1.88 bits per heavy atom. The van der Waals surface area contributed by atoms with Crippen molar-refractivity contribution < 1.29 is 0 Å². The summed E-state index contributed by atoms with van der Waals surface area (Å²) in [5.41, 5.74) is 0. The van der Waals surface area contributed by atoms with Crippen LogP contribution in [0.1, 0.15) is 58.3 Å². The van der Waals surface area contributed by atoms with E-state index in [4.69, 9.17) is 0 Å². The summed E-state index contributed by atoms with van der Waals surface area (Å²) in [6.45, 7) is 7.24. The molecule has 2 heteroatoms. The van der Waals surface area contributed by atoms with Crippen molar-refractivity contribution in [3.05, 3.63) is 0 Å². The molecule has 0 amide bonds. The highest BCUT2D eigenvalue weighted by Crippen LogP contribution is 2.15. The fourth-order valence-electron chi connectivity index (χ4n) is 2.45. The summed E-state index contributed by atoms with van der Waals surface area (Å²) in [5, 5.41) is 6.98. The minimum absolute atomic E-state index is 0.984. The minimum Gasteiger partial charge on any atom is -0.317 e. The number of hydrogen-bond acceptors (Lipinski definition) is 2. The first-order valence-corrected chi connectivity index (χ1v) is 7.35. The van der Waals surface area contributed by atoms with Crippen LogP contribution in [0.15, 0.2) is 0 Å². The van der Waals surface area contributed by atoms with Crippen LogP contribution in [0.2, 0.25) is 0 Å². The van der Waals surface area contributed by atoms with Gasteiger partial charge in [0.05, 0.1) is 0 Å². The molecule has 1 aliphatic heterocycles. The average molecular weight is 226 g/mol. The van der Waals surface area contributed by atoms with Crippen molar-refractivity contribution >= 4 is 0 Å². The zero-order valence-corrected chi connectivity index (χ0v) is 11.1. The van der Waals surface area contributed by atoms with Gasteiger partial charge in [0.15, 0.2) is 0 Å². The molecule has 0 aromatic heterocycles. The number of rotatable bonds is 10. The van der Waals surface area contributed by atoms with Crippen LogP contribution in [0, 0.1) is 5.92 Å². The second-order valence-electron chi connectivity index (χ2n) is 5.17. The van der Waals surface area contributed by atoms with E-state index in [-0.39, 0.29) is 0 Å². The Bertz CT molecular complexity index is 142. The molecule has 1 aliphatic rings. The Morgan fingerprint density at radius 1 is 1.06 bits per heavy atom. The quantitative estimate of drug-likeness (QED) is 0.560. The van der Waals surface area contributed by atoms with Crippen LogP contribution in [-0.4, -0.2) is 26.2 Å². The number of unbranched alkanes of at least 4 members (excludes halogenated alkanes) is 4. The second-order valence-corrected chi connectivity index (χ2v) is 5.17. The molecular formula is C14H30N2. The lowest BCUT2D eigenvalue weighted by molar-refractivity contribution is 0.483. The molecule has 1 atom stereocenters. The molecule has 0 aromatic carbocycles. The first-order valence-electron chi connectivity index (χ1n) is 7.35. The van der Waals surface area contributed by atoms with Gasteiger partial charge in [0.25, 0.3) is 0 Å². The van der Waals surface area contributed by atoms with Crippen LogP contribution in [0.4, 0.5) is 0 Å². The Labute approximate surface area is 102 Å². The fourth-order valence-corrected chi connectivity index (χ4v) is 2.45. The lowest BCUT2D eigenvalue weighted by Gasteiger charge is -2.08. The van der Waals surface area contributed by atoms with E-state index >= 15 is 0 Å². The van der Waals surface area contributed by atoms with Gasteiger partial charge in [-0.15, -0.1) is 0 Å². The zero-order valence-electron chi connectivity index (χ0n) is 11.1. The molecule has 0 aromatic rings. The molecule has 1 saturated heterocycles. The van der Waals surface area contributed by atoms with Crippen molar-refractivity contribution in [1.82, 2.24) is 10.6 Å². The smallest absolute Gasteiger partial charge is 0.00200 e. The van der Waals surface area contributed by atoms with E-state index in [1.54, 1.807) is 0 Å². The van der Waals surface area contributed by atoms with Crippen molar-refractivity contribution in [3.63, 3.8) is 0 Å². The molecule has 2 N–H and O–H groups in total. The van der Waals surface area contributed by atoms with E-state index in [0.29, 0.717) is 0 Å². The van der Waals surface area contributed by atoms with Gasteiger partial charge in [0, 0.05) is 0 Å². The maximum absolute atomic E-state index is 3.54. The Hall–Kier alpha value is -0.0800. The van der Waals surface area contributed by atoms with Crippen molar-refractivity contribution in [3.8, 4) is 0 Å². The Balaban J connectivity index is 1.71. The predicted molar refractivity (Wildman–Crippen MR) is 71.8 cm³/mol. The lowest BCUT2D eigenvalue weighted by Crippen LogP contribution is -2.16. The Kier molecular flexibility index (Phi) is 8.83. The minimum atomic E-state index is 0.984. The molecular weight excluding hydrogens is 196 g/mol. The monoisotopic (exact) mass is 226 g/mol. The van der Waals surface area contributed by atoms with Gasteiger partial charge >= 0.3 is 0 Å². The van der Waals surface area contributed by atoms with E-state index in [1.807, 2.05) is 0 Å². The third-order valence-electron chi connectivity index (χ3n) is 3.59. The number of hydrogen-bond donors (Lipinski definition) is 2. The van der Waals surface area contributed by atoms with Crippen molar-refractivity contribution in [2.75, 3.05) is 26.2 Å². The summed E-state index contributed by atoms with van der Waals surface area (Å²) >= 11 is 0. The SMILES string of the molecule is CCCCCNCCCCCC1CCNC1. The fraction of sp³-hybridized carbons (Fsp3) is 1.00.